The van der Waals surface area contributed by atoms with Gasteiger partial charge in [-0.2, -0.15) is 0 Å². The molecule has 0 bridgehead atoms. The van der Waals surface area contributed by atoms with Gasteiger partial charge in [-0.15, -0.1) is 0 Å². The second-order valence-electron chi connectivity index (χ2n) is 6.99. The lowest BCUT2D eigenvalue weighted by Gasteiger charge is -2.14. The molecule has 0 unspecified atom stereocenters. The van der Waals surface area contributed by atoms with Crippen LogP contribution in [0.25, 0.3) is 0 Å². The molecule has 2 aliphatic rings. The largest absolute Gasteiger partial charge is 0.461 e. The molecule has 0 saturated carbocycles. The highest BCUT2D eigenvalue weighted by molar-refractivity contribution is 6.73. The molecular weight excluding hydrogens is 408 g/mol. The number of carbonyl (C=O) groups excluding carboxylic acids is 4. The van der Waals surface area contributed by atoms with Gasteiger partial charge in [0, 0.05) is 0 Å². The quantitative estimate of drug-likeness (QED) is 0.410. The molecule has 0 spiro atoms. The summed E-state index contributed by atoms with van der Waals surface area (Å²) in [6, 6.07) is 13.1. The molecule has 0 radical (unpaired) electrons. The summed E-state index contributed by atoms with van der Waals surface area (Å²) < 4.78 is 14.2. The van der Waals surface area contributed by atoms with Gasteiger partial charge in [0.05, 0.1) is 22.3 Å². The summed E-state index contributed by atoms with van der Waals surface area (Å²) in [6.07, 6.45) is 0. The minimum atomic E-state index is -1.10. The Balaban J connectivity index is 0.000000161. The molecule has 0 aliphatic carbocycles. The maximum atomic E-state index is 10.8. The van der Waals surface area contributed by atoms with Crippen LogP contribution in [0.15, 0.2) is 48.5 Å². The van der Waals surface area contributed by atoms with Crippen molar-refractivity contribution in [2.24, 2.45) is 0 Å². The van der Waals surface area contributed by atoms with Crippen molar-refractivity contribution in [2.75, 3.05) is 0 Å². The van der Waals surface area contributed by atoms with Gasteiger partial charge in [-0.05, 0) is 43.9 Å². The zero-order valence-electron chi connectivity index (χ0n) is 16.7. The third-order valence-corrected chi connectivity index (χ3v) is 8.30. The lowest BCUT2D eigenvalue weighted by atomic mass is 10.1. The van der Waals surface area contributed by atoms with Crippen LogP contribution in [0, 0.1) is 0 Å². The Bertz CT molecular complexity index is 812. The molecule has 7 nitrogen and oxygen atoms in total. The van der Waals surface area contributed by atoms with Crippen molar-refractivity contribution in [1.29, 1.82) is 0 Å². The van der Waals surface area contributed by atoms with E-state index in [2.05, 4.69) is 35.7 Å². The number of rotatable bonds is 2. The Kier molecular flexibility index (Phi) is 7.37. The molecule has 0 fully saturated rings. The van der Waals surface area contributed by atoms with Crippen molar-refractivity contribution in [1.82, 2.24) is 0 Å². The molecule has 0 atom stereocenters. The Morgan fingerprint density at radius 2 is 0.931 bits per heavy atom. The van der Waals surface area contributed by atoms with E-state index in [-0.39, 0.29) is 9.76 Å². The molecule has 2 aliphatic heterocycles. The molecule has 152 valence electrons. The third kappa shape index (κ3) is 6.04. The van der Waals surface area contributed by atoms with Crippen molar-refractivity contribution in [3.05, 3.63) is 70.8 Å². The highest BCUT2D eigenvalue weighted by atomic mass is 28.4. The first-order valence-corrected chi connectivity index (χ1v) is 14.4. The Morgan fingerprint density at radius 1 is 0.655 bits per heavy atom. The lowest BCUT2D eigenvalue weighted by Crippen LogP contribution is -2.26. The van der Waals surface area contributed by atoms with Crippen molar-refractivity contribution in [2.45, 2.75) is 26.2 Å². The number of esters is 4. The van der Waals surface area contributed by atoms with Crippen molar-refractivity contribution < 1.29 is 32.8 Å². The molecular formula is C20H22O7Si2. The standard InChI is InChI=1S/2C8H4O3.C4H14OSi2/c2*9-7-5-3-1-2-4-6(5)8(10)11-7;1-6-5-7(2,3)4/h2*1-4H;6H2,1-4H3. The van der Waals surface area contributed by atoms with E-state index in [0.717, 1.165) is 0 Å². The van der Waals surface area contributed by atoms with Crippen molar-refractivity contribution >= 4 is 42.0 Å². The molecule has 2 heterocycles. The molecule has 9 heteroatoms. The van der Waals surface area contributed by atoms with Gasteiger partial charge in [0.25, 0.3) is 0 Å². The smallest absolute Gasteiger partial charge is 0.346 e. The van der Waals surface area contributed by atoms with Crippen LogP contribution in [-0.4, -0.2) is 42.0 Å². The minimum absolute atomic E-state index is 0.128. The zero-order chi connectivity index (χ0) is 21.6. The molecule has 2 aromatic carbocycles. The van der Waals surface area contributed by atoms with E-state index in [1.165, 1.54) is 0 Å². The monoisotopic (exact) mass is 430 g/mol. The number of hydrogen-bond donors (Lipinski definition) is 0. The summed E-state index contributed by atoms with van der Waals surface area (Å²) in [5.41, 5.74) is 1.44. The highest BCUT2D eigenvalue weighted by Crippen LogP contribution is 2.19. The van der Waals surface area contributed by atoms with Crippen molar-refractivity contribution in [3.8, 4) is 0 Å². The van der Waals surface area contributed by atoms with Gasteiger partial charge in [0.15, 0.2) is 8.32 Å². The van der Waals surface area contributed by atoms with Gasteiger partial charge in [0.1, 0.15) is 9.76 Å². The van der Waals surface area contributed by atoms with Gasteiger partial charge in [-0.3, -0.25) is 0 Å². The number of hydrogen-bond acceptors (Lipinski definition) is 7. The fraction of sp³-hybridized carbons (Fsp3) is 0.200. The van der Waals surface area contributed by atoms with Crippen LogP contribution in [0.5, 0.6) is 0 Å². The first-order valence-electron chi connectivity index (χ1n) is 8.99. The molecule has 0 amide bonds. The third-order valence-electron chi connectivity index (χ3n) is 3.68. The van der Waals surface area contributed by atoms with E-state index < -0.39 is 32.2 Å². The van der Waals surface area contributed by atoms with Crippen LogP contribution in [0.4, 0.5) is 0 Å². The van der Waals surface area contributed by atoms with E-state index >= 15 is 0 Å². The first kappa shape index (κ1) is 22.4. The Labute approximate surface area is 172 Å². The molecule has 2 aromatic rings. The summed E-state index contributed by atoms with van der Waals surface area (Å²) in [5.74, 6) is -2.20. The number of benzene rings is 2. The van der Waals surface area contributed by atoms with E-state index in [4.69, 9.17) is 4.12 Å². The molecule has 0 N–H and O–H groups in total. The number of carbonyl (C=O) groups is 4. The maximum absolute atomic E-state index is 10.8. The van der Waals surface area contributed by atoms with Gasteiger partial charge in [0.2, 0.25) is 0 Å². The number of fused-ring (bicyclic) bond motifs is 2. The predicted molar refractivity (Wildman–Crippen MR) is 111 cm³/mol. The minimum Gasteiger partial charge on any atom is -0.461 e. The summed E-state index contributed by atoms with van der Waals surface area (Å²) in [6.45, 7) is 8.86. The summed E-state index contributed by atoms with van der Waals surface area (Å²) >= 11 is 0. The number of cyclic esters (lactones) is 4. The second-order valence-corrected chi connectivity index (χ2v) is 12.9. The molecule has 29 heavy (non-hydrogen) atoms. The second kappa shape index (κ2) is 9.55. The van der Waals surface area contributed by atoms with E-state index in [1.54, 1.807) is 48.5 Å². The molecule has 0 saturated heterocycles. The fourth-order valence-electron chi connectivity index (χ4n) is 2.50. The van der Waals surface area contributed by atoms with Gasteiger partial charge < -0.3 is 13.6 Å². The topological polar surface area (TPSA) is 96.0 Å². The van der Waals surface area contributed by atoms with Crippen LogP contribution >= 0.6 is 0 Å². The molecule has 0 aromatic heterocycles. The summed E-state index contributed by atoms with van der Waals surface area (Å²) in [7, 11) is -1.22. The highest BCUT2D eigenvalue weighted by Gasteiger charge is 2.29. The van der Waals surface area contributed by atoms with Crippen molar-refractivity contribution in [3.63, 3.8) is 0 Å². The zero-order valence-corrected chi connectivity index (χ0v) is 19.1. The Hall–Kier alpha value is -2.89. The lowest BCUT2D eigenvalue weighted by molar-refractivity contribution is 0.0425. The van der Waals surface area contributed by atoms with E-state index in [0.29, 0.717) is 22.3 Å². The average Bonchev–Trinajstić information content (AvgIpc) is 3.12. The number of ether oxygens (including phenoxy) is 2. The van der Waals surface area contributed by atoms with Crippen LogP contribution in [0.3, 0.4) is 0 Å². The van der Waals surface area contributed by atoms with Crippen LogP contribution in [-0.2, 0) is 13.6 Å². The first-order chi connectivity index (χ1) is 13.6. The molecule has 4 rings (SSSR count). The summed E-state index contributed by atoms with van der Waals surface area (Å²) in [5, 5.41) is 0. The maximum Gasteiger partial charge on any atom is 0.346 e. The van der Waals surface area contributed by atoms with Crippen LogP contribution in [0.2, 0.25) is 26.2 Å². The van der Waals surface area contributed by atoms with Crippen LogP contribution in [0.1, 0.15) is 41.4 Å². The predicted octanol–water partition coefficient (Wildman–Crippen LogP) is 2.96. The normalized spacial score (nSPS) is 14.3. The summed E-state index contributed by atoms with van der Waals surface area (Å²) in [4.78, 5) is 43.3. The van der Waals surface area contributed by atoms with E-state index in [1.807, 2.05) is 0 Å². The Morgan fingerprint density at radius 3 is 1.10 bits per heavy atom. The van der Waals surface area contributed by atoms with E-state index in [9.17, 15) is 19.2 Å². The van der Waals surface area contributed by atoms with Gasteiger partial charge in [-0.25, -0.2) is 19.2 Å². The average molecular weight is 431 g/mol. The van der Waals surface area contributed by atoms with Gasteiger partial charge in [-0.1, -0.05) is 30.8 Å². The van der Waals surface area contributed by atoms with Crippen LogP contribution < -0.4 is 0 Å². The SMILES string of the molecule is C[SiH2]O[Si](C)(C)C.O=C1OC(=O)c2ccccc21.O=C1OC(=O)c2ccccc21. The van der Waals surface area contributed by atoms with Gasteiger partial charge >= 0.3 is 23.9 Å². The fourth-order valence-corrected chi connectivity index (χ4v) is 5.96.